The van der Waals surface area contributed by atoms with E-state index in [1.54, 1.807) is 6.20 Å². The van der Waals surface area contributed by atoms with Crippen LogP contribution in [0.1, 0.15) is 26.0 Å². The van der Waals surface area contributed by atoms with Gasteiger partial charge in [-0.15, -0.1) is 6.58 Å². The number of hydrogen-bond donors (Lipinski definition) is 1. The second-order valence-corrected chi connectivity index (χ2v) is 3.95. The van der Waals surface area contributed by atoms with Crippen molar-refractivity contribution in [2.45, 2.75) is 32.9 Å². The van der Waals surface area contributed by atoms with Gasteiger partial charge >= 0.3 is 0 Å². The number of hydrogen-bond acceptors (Lipinski definition) is 3. The normalized spacial score (nSPS) is 10.4. The molecule has 0 aliphatic carbocycles. The van der Waals surface area contributed by atoms with Gasteiger partial charge in [0.05, 0.1) is 18.5 Å². The summed E-state index contributed by atoms with van der Waals surface area (Å²) in [5.41, 5.74) is 1.03. The standard InChI is InChI=1S/C13H20N2O/c1-4-5-8-16-13-7-6-12(15-10-13)9-14-11(2)3/h4,6-7,10-11,14H,1,5,8-9H2,2-3H3. The Morgan fingerprint density at radius 1 is 1.50 bits per heavy atom. The highest BCUT2D eigenvalue weighted by Gasteiger charge is 1.98. The van der Waals surface area contributed by atoms with Crippen molar-refractivity contribution >= 4 is 0 Å². The van der Waals surface area contributed by atoms with Crippen LogP contribution in [0.3, 0.4) is 0 Å². The molecule has 1 aromatic heterocycles. The molecule has 1 N–H and O–H groups in total. The first-order chi connectivity index (χ1) is 7.72. The van der Waals surface area contributed by atoms with E-state index in [4.69, 9.17) is 4.74 Å². The third kappa shape index (κ3) is 4.94. The van der Waals surface area contributed by atoms with Crippen molar-refractivity contribution in [1.82, 2.24) is 10.3 Å². The van der Waals surface area contributed by atoms with Crippen LogP contribution in [0.2, 0.25) is 0 Å². The molecule has 0 bridgehead atoms. The molecule has 1 heterocycles. The van der Waals surface area contributed by atoms with Gasteiger partial charge in [0.2, 0.25) is 0 Å². The molecule has 0 radical (unpaired) electrons. The number of aromatic nitrogens is 1. The lowest BCUT2D eigenvalue weighted by molar-refractivity contribution is 0.323. The monoisotopic (exact) mass is 220 g/mol. The molecule has 0 atom stereocenters. The maximum absolute atomic E-state index is 5.47. The van der Waals surface area contributed by atoms with E-state index in [1.807, 2.05) is 18.2 Å². The van der Waals surface area contributed by atoms with Gasteiger partial charge < -0.3 is 10.1 Å². The molecule has 0 fully saturated rings. The average Bonchev–Trinajstić information content (AvgIpc) is 2.28. The van der Waals surface area contributed by atoms with Crippen molar-refractivity contribution in [1.29, 1.82) is 0 Å². The molecule has 0 saturated carbocycles. The quantitative estimate of drug-likeness (QED) is 0.566. The summed E-state index contributed by atoms with van der Waals surface area (Å²) in [6, 6.07) is 4.41. The first-order valence-corrected chi connectivity index (χ1v) is 5.64. The smallest absolute Gasteiger partial charge is 0.137 e. The van der Waals surface area contributed by atoms with E-state index in [2.05, 4.69) is 30.7 Å². The second kappa shape index (κ2) is 7.01. The van der Waals surface area contributed by atoms with Crippen molar-refractivity contribution < 1.29 is 4.74 Å². The number of pyridine rings is 1. The SMILES string of the molecule is C=CCCOc1ccc(CNC(C)C)nc1. The summed E-state index contributed by atoms with van der Waals surface area (Å²) in [5, 5.41) is 3.32. The predicted molar refractivity (Wildman–Crippen MR) is 66.5 cm³/mol. The highest BCUT2D eigenvalue weighted by atomic mass is 16.5. The number of ether oxygens (including phenoxy) is 1. The zero-order valence-electron chi connectivity index (χ0n) is 10.1. The zero-order chi connectivity index (χ0) is 11.8. The molecular weight excluding hydrogens is 200 g/mol. The van der Waals surface area contributed by atoms with E-state index in [0.717, 1.165) is 24.4 Å². The van der Waals surface area contributed by atoms with Gasteiger partial charge in [0.1, 0.15) is 5.75 Å². The Morgan fingerprint density at radius 3 is 2.88 bits per heavy atom. The van der Waals surface area contributed by atoms with E-state index >= 15 is 0 Å². The molecule has 1 rings (SSSR count). The Labute approximate surface area is 97.5 Å². The minimum absolute atomic E-state index is 0.477. The van der Waals surface area contributed by atoms with Gasteiger partial charge in [0.15, 0.2) is 0 Å². The molecular formula is C13H20N2O. The predicted octanol–water partition coefficient (Wildman–Crippen LogP) is 2.53. The van der Waals surface area contributed by atoms with E-state index in [1.165, 1.54) is 0 Å². The van der Waals surface area contributed by atoms with Gasteiger partial charge in [-0.05, 0) is 18.6 Å². The Balaban J connectivity index is 2.38. The first-order valence-electron chi connectivity index (χ1n) is 5.64. The average molecular weight is 220 g/mol. The molecule has 0 amide bonds. The number of rotatable bonds is 7. The molecule has 0 spiro atoms. The summed E-state index contributed by atoms with van der Waals surface area (Å²) in [4.78, 5) is 4.32. The van der Waals surface area contributed by atoms with Gasteiger partial charge in [-0.3, -0.25) is 4.98 Å². The molecule has 3 nitrogen and oxygen atoms in total. The van der Waals surface area contributed by atoms with Crippen molar-refractivity contribution in [3.05, 3.63) is 36.7 Å². The molecule has 0 aliphatic rings. The maximum atomic E-state index is 5.47. The van der Waals surface area contributed by atoms with Crippen LogP contribution in [0.15, 0.2) is 31.0 Å². The molecule has 88 valence electrons. The van der Waals surface area contributed by atoms with Crippen LogP contribution in [0, 0.1) is 0 Å². The van der Waals surface area contributed by atoms with Gasteiger partial charge in [0.25, 0.3) is 0 Å². The van der Waals surface area contributed by atoms with E-state index in [0.29, 0.717) is 12.6 Å². The van der Waals surface area contributed by atoms with Crippen molar-refractivity contribution in [2.75, 3.05) is 6.61 Å². The Morgan fingerprint density at radius 2 is 2.31 bits per heavy atom. The van der Waals surface area contributed by atoms with E-state index in [9.17, 15) is 0 Å². The lowest BCUT2D eigenvalue weighted by atomic mass is 10.3. The zero-order valence-corrected chi connectivity index (χ0v) is 10.1. The largest absolute Gasteiger partial charge is 0.492 e. The summed E-state index contributed by atoms with van der Waals surface area (Å²) in [5.74, 6) is 0.815. The third-order valence-electron chi connectivity index (χ3n) is 2.08. The topological polar surface area (TPSA) is 34.1 Å². The van der Waals surface area contributed by atoms with Gasteiger partial charge in [-0.1, -0.05) is 19.9 Å². The van der Waals surface area contributed by atoms with Crippen LogP contribution >= 0.6 is 0 Å². The molecule has 3 heteroatoms. The maximum Gasteiger partial charge on any atom is 0.137 e. The van der Waals surface area contributed by atoms with Crippen LogP contribution in [0.5, 0.6) is 5.75 Å². The lowest BCUT2D eigenvalue weighted by Gasteiger charge is -2.08. The summed E-state index contributed by atoms with van der Waals surface area (Å²) in [6.45, 7) is 9.34. The summed E-state index contributed by atoms with van der Waals surface area (Å²) in [6.07, 6.45) is 4.46. The fourth-order valence-corrected chi connectivity index (χ4v) is 1.17. The van der Waals surface area contributed by atoms with E-state index in [-0.39, 0.29) is 0 Å². The molecule has 0 unspecified atom stereocenters. The highest BCUT2D eigenvalue weighted by Crippen LogP contribution is 2.09. The molecule has 0 saturated heterocycles. The third-order valence-corrected chi connectivity index (χ3v) is 2.08. The number of nitrogens with zero attached hydrogens (tertiary/aromatic N) is 1. The molecule has 0 aliphatic heterocycles. The van der Waals surface area contributed by atoms with Gasteiger partial charge in [0, 0.05) is 12.6 Å². The highest BCUT2D eigenvalue weighted by molar-refractivity contribution is 5.19. The van der Waals surface area contributed by atoms with E-state index < -0.39 is 0 Å². The minimum Gasteiger partial charge on any atom is -0.492 e. The summed E-state index contributed by atoms with van der Waals surface area (Å²) >= 11 is 0. The first kappa shape index (κ1) is 12.7. The Bertz CT molecular complexity index is 306. The Kier molecular flexibility index (Phi) is 5.57. The second-order valence-electron chi connectivity index (χ2n) is 3.95. The van der Waals surface area contributed by atoms with Gasteiger partial charge in [-0.25, -0.2) is 0 Å². The molecule has 16 heavy (non-hydrogen) atoms. The van der Waals surface area contributed by atoms with Crippen LogP contribution in [0.25, 0.3) is 0 Å². The fraction of sp³-hybridized carbons (Fsp3) is 0.462. The van der Waals surface area contributed by atoms with Crippen molar-refractivity contribution in [3.8, 4) is 5.75 Å². The van der Waals surface area contributed by atoms with Crippen LogP contribution in [0.4, 0.5) is 0 Å². The molecule has 1 aromatic rings. The lowest BCUT2D eigenvalue weighted by Crippen LogP contribution is -2.22. The van der Waals surface area contributed by atoms with Crippen LogP contribution in [-0.4, -0.2) is 17.6 Å². The summed E-state index contributed by atoms with van der Waals surface area (Å²) in [7, 11) is 0. The van der Waals surface area contributed by atoms with Crippen LogP contribution in [-0.2, 0) is 6.54 Å². The Hall–Kier alpha value is -1.35. The number of nitrogens with one attached hydrogen (secondary N) is 1. The molecule has 0 aromatic carbocycles. The van der Waals surface area contributed by atoms with Gasteiger partial charge in [-0.2, -0.15) is 0 Å². The fourth-order valence-electron chi connectivity index (χ4n) is 1.17. The summed E-state index contributed by atoms with van der Waals surface area (Å²) < 4.78 is 5.47. The minimum atomic E-state index is 0.477. The van der Waals surface area contributed by atoms with Crippen LogP contribution < -0.4 is 10.1 Å². The van der Waals surface area contributed by atoms with Crippen molar-refractivity contribution in [2.24, 2.45) is 0 Å². The van der Waals surface area contributed by atoms with Crippen molar-refractivity contribution in [3.63, 3.8) is 0 Å².